The van der Waals surface area contributed by atoms with Gasteiger partial charge in [-0.05, 0) is 48.2 Å². The summed E-state index contributed by atoms with van der Waals surface area (Å²) in [6.45, 7) is 0.498. The summed E-state index contributed by atoms with van der Waals surface area (Å²) in [4.78, 5) is 16.2. The van der Waals surface area contributed by atoms with Crippen molar-refractivity contribution in [1.29, 1.82) is 0 Å². The third-order valence-corrected chi connectivity index (χ3v) is 7.06. The molecule has 0 spiro atoms. The lowest BCUT2D eigenvalue weighted by atomic mass is 10.1. The number of hydrogen-bond acceptors (Lipinski definition) is 5. The fourth-order valence-corrected chi connectivity index (χ4v) is 4.77. The maximum absolute atomic E-state index is 12.1. The molecule has 0 fully saturated rings. The number of amides is 1. The van der Waals surface area contributed by atoms with Crippen molar-refractivity contribution < 1.29 is 4.79 Å². The molecule has 6 nitrogen and oxygen atoms in total. The van der Waals surface area contributed by atoms with Crippen LogP contribution in [0, 0.1) is 0 Å². The number of carbonyl (C=O) groups excluding carboxylic acids is 1. The Morgan fingerprint density at radius 3 is 2.54 bits per heavy atom. The van der Waals surface area contributed by atoms with Crippen LogP contribution < -0.4 is 5.32 Å². The summed E-state index contributed by atoms with van der Waals surface area (Å²) >= 11 is 14.1. The van der Waals surface area contributed by atoms with Crippen molar-refractivity contribution in [2.24, 2.45) is 0 Å². The minimum absolute atomic E-state index is 0.0444. The second kappa shape index (κ2) is 12.7. The number of benzene rings is 2. The van der Waals surface area contributed by atoms with E-state index in [0.717, 1.165) is 46.4 Å². The SMILES string of the molecule is O=C(CCCCSc1nnc(Cc2ccccc2)n1-c1ccc(Cl)c(Cl)c1)NCc1cccnc1. The van der Waals surface area contributed by atoms with Crippen molar-refractivity contribution in [1.82, 2.24) is 25.1 Å². The molecule has 2 aromatic heterocycles. The maximum atomic E-state index is 12.1. The largest absolute Gasteiger partial charge is 0.352 e. The molecule has 35 heavy (non-hydrogen) atoms. The van der Waals surface area contributed by atoms with Gasteiger partial charge in [-0.3, -0.25) is 14.3 Å². The minimum Gasteiger partial charge on any atom is -0.352 e. The van der Waals surface area contributed by atoms with E-state index in [1.54, 1.807) is 30.2 Å². The van der Waals surface area contributed by atoms with Gasteiger partial charge in [-0.15, -0.1) is 10.2 Å². The van der Waals surface area contributed by atoms with E-state index in [9.17, 15) is 4.79 Å². The number of nitrogens with one attached hydrogen (secondary N) is 1. The first-order chi connectivity index (χ1) is 17.1. The first-order valence-corrected chi connectivity index (χ1v) is 13.1. The third kappa shape index (κ3) is 7.31. The van der Waals surface area contributed by atoms with Crippen LogP contribution in [0.3, 0.4) is 0 Å². The van der Waals surface area contributed by atoms with E-state index in [1.807, 2.05) is 47.0 Å². The second-order valence-electron chi connectivity index (χ2n) is 7.94. The topological polar surface area (TPSA) is 72.7 Å². The van der Waals surface area contributed by atoms with E-state index in [2.05, 4.69) is 32.6 Å². The lowest BCUT2D eigenvalue weighted by Crippen LogP contribution is -2.22. The van der Waals surface area contributed by atoms with Gasteiger partial charge in [0.2, 0.25) is 5.91 Å². The van der Waals surface area contributed by atoms with Gasteiger partial charge in [0.1, 0.15) is 5.82 Å². The molecule has 1 N–H and O–H groups in total. The Labute approximate surface area is 219 Å². The number of unbranched alkanes of at least 4 members (excludes halogenated alkanes) is 1. The maximum Gasteiger partial charge on any atom is 0.220 e. The Bertz CT molecular complexity index is 1250. The van der Waals surface area contributed by atoms with Crippen LogP contribution in [-0.4, -0.2) is 31.4 Å². The zero-order chi connectivity index (χ0) is 24.5. The first kappa shape index (κ1) is 25.2. The molecule has 4 aromatic rings. The molecule has 9 heteroatoms. The summed E-state index contributed by atoms with van der Waals surface area (Å²) in [5.74, 6) is 1.69. The van der Waals surface area contributed by atoms with Gasteiger partial charge in [-0.1, -0.05) is 71.4 Å². The van der Waals surface area contributed by atoms with Crippen LogP contribution in [0.1, 0.15) is 36.2 Å². The molecule has 0 atom stereocenters. The summed E-state index contributed by atoms with van der Waals surface area (Å²) in [6.07, 6.45) is 6.28. The van der Waals surface area contributed by atoms with E-state index in [1.165, 1.54) is 0 Å². The highest BCUT2D eigenvalue weighted by Gasteiger charge is 2.16. The van der Waals surface area contributed by atoms with E-state index in [0.29, 0.717) is 29.4 Å². The molecule has 0 radical (unpaired) electrons. The molecule has 1 amide bonds. The van der Waals surface area contributed by atoms with Crippen LogP contribution in [0.25, 0.3) is 5.69 Å². The summed E-state index contributed by atoms with van der Waals surface area (Å²) in [5.41, 5.74) is 3.01. The third-order valence-electron chi connectivity index (χ3n) is 5.31. The summed E-state index contributed by atoms with van der Waals surface area (Å²) in [6, 6.07) is 19.5. The summed E-state index contributed by atoms with van der Waals surface area (Å²) < 4.78 is 2.03. The molecule has 180 valence electrons. The quantitative estimate of drug-likeness (QED) is 0.188. The van der Waals surface area contributed by atoms with Gasteiger partial charge in [0.05, 0.1) is 15.7 Å². The highest BCUT2D eigenvalue weighted by atomic mass is 35.5. The van der Waals surface area contributed by atoms with Gasteiger partial charge in [0, 0.05) is 37.5 Å². The number of hydrogen-bond donors (Lipinski definition) is 1. The highest BCUT2D eigenvalue weighted by molar-refractivity contribution is 7.99. The summed E-state index contributed by atoms with van der Waals surface area (Å²) in [5, 5.41) is 13.6. The van der Waals surface area contributed by atoms with E-state index >= 15 is 0 Å². The number of thioether (sulfide) groups is 1. The Morgan fingerprint density at radius 2 is 1.77 bits per heavy atom. The average Bonchev–Trinajstić information content (AvgIpc) is 3.27. The molecule has 0 saturated heterocycles. The number of pyridine rings is 1. The number of rotatable bonds is 11. The van der Waals surface area contributed by atoms with Crippen LogP contribution in [0.15, 0.2) is 78.2 Å². The standard InChI is InChI=1S/C26H25Cl2N5OS/c27-22-12-11-21(16-23(22)28)33-24(15-19-7-2-1-3-8-19)31-32-26(33)35-14-5-4-10-25(34)30-18-20-9-6-13-29-17-20/h1-3,6-9,11-13,16-17H,4-5,10,14-15,18H2,(H,30,34). The number of aromatic nitrogens is 4. The summed E-state index contributed by atoms with van der Waals surface area (Å²) in [7, 11) is 0. The molecular weight excluding hydrogens is 501 g/mol. The van der Waals surface area contributed by atoms with Crippen molar-refractivity contribution >= 4 is 40.9 Å². The van der Waals surface area contributed by atoms with E-state index in [-0.39, 0.29) is 5.91 Å². The monoisotopic (exact) mass is 525 g/mol. The lowest BCUT2D eigenvalue weighted by Gasteiger charge is -2.11. The van der Waals surface area contributed by atoms with Crippen LogP contribution in [0.5, 0.6) is 0 Å². The molecule has 0 bridgehead atoms. The van der Waals surface area contributed by atoms with Crippen LogP contribution in [-0.2, 0) is 17.8 Å². The Hall–Kier alpha value is -2.87. The molecule has 2 aromatic carbocycles. The predicted octanol–water partition coefficient (Wildman–Crippen LogP) is 6.14. The predicted molar refractivity (Wildman–Crippen MR) is 141 cm³/mol. The van der Waals surface area contributed by atoms with E-state index < -0.39 is 0 Å². The van der Waals surface area contributed by atoms with Crippen molar-refractivity contribution in [2.75, 3.05) is 5.75 Å². The molecule has 0 aliphatic carbocycles. The van der Waals surface area contributed by atoms with Crippen LogP contribution in [0.4, 0.5) is 0 Å². The second-order valence-corrected chi connectivity index (χ2v) is 9.82. The number of carbonyl (C=O) groups is 1. The number of halogens is 2. The molecule has 0 aliphatic rings. The first-order valence-electron chi connectivity index (χ1n) is 11.3. The fourth-order valence-electron chi connectivity index (χ4n) is 3.51. The lowest BCUT2D eigenvalue weighted by molar-refractivity contribution is -0.121. The molecule has 0 unspecified atom stereocenters. The van der Waals surface area contributed by atoms with Gasteiger partial charge in [-0.2, -0.15) is 0 Å². The molecule has 4 rings (SSSR count). The molecule has 0 saturated carbocycles. The van der Waals surface area contributed by atoms with Gasteiger partial charge in [0.15, 0.2) is 5.16 Å². The average molecular weight is 526 g/mol. The number of nitrogens with zero attached hydrogens (tertiary/aromatic N) is 4. The van der Waals surface area contributed by atoms with Crippen LogP contribution >= 0.6 is 35.0 Å². The Morgan fingerprint density at radius 1 is 0.943 bits per heavy atom. The van der Waals surface area contributed by atoms with Crippen molar-refractivity contribution in [2.45, 2.75) is 37.4 Å². The van der Waals surface area contributed by atoms with E-state index in [4.69, 9.17) is 23.2 Å². The van der Waals surface area contributed by atoms with Crippen LogP contribution in [0.2, 0.25) is 10.0 Å². The zero-order valence-electron chi connectivity index (χ0n) is 19.0. The van der Waals surface area contributed by atoms with Crippen molar-refractivity contribution in [3.8, 4) is 5.69 Å². The van der Waals surface area contributed by atoms with Gasteiger partial charge in [0.25, 0.3) is 0 Å². The Kier molecular flexibility index (Phi) is 9.17. The fraction of sp³-hybridized carbons (Fsp3) is 0.231. The molecular formula is C26H25Cl2N5OS. The van der Waals surface area contributed by atoms with Crippen molar-refractivity contribution in [3.05, 3.63) is 100 Å². The van der Waals surface area contributed by atoms with Gasteiger partial charge >= 0.3 is 0 Å². The zero-order valence-corrected chi connectivity index (χ0v) is 21.4. The molecule has 0 aliphatic heterocycles. The minimum atomic E-state index is 0.0444. The highest BCUT2D eigenvalue weighted by Crippen LogP contribution is 2.29. The Balaban J connectivity index is 1.35. The van der Waals surface area contributed by atoms with Gasteiger partial charge in [-0.25, -0.2) is 0 Å². The van der Waals surface area contributed by atoms with Gasteiger partial charge < -0.3 is 5.32 Å². The van der Waals surface area contributed by atoms with Crippen molar-refractivity contribution in [3.63, 3.8) is 0 Å². The normalized spacial score (nSPS) is 10.9. The smallest absolute Gasteiger partial charge is 0.220 e. The molecule has 2 heterocycles.